The molecule has 1 heterocycles. The Balaban J connectivity index is 2.10. The molecule has 3 N–H and O–H groups in total. The first kappa shape index (κ1) is 11.3. The minimum absolute atomic E-state index is 0.0394. The molecule has 0 bridgehead atoms. The molecule has 0 aliphatic heterocycles. The molecule has 0 atom stereocenters. The molecule has 0 saturated heterocycles. The first-order valence-corrected chi connectivity index (χ1v) is 6.55. The van der Waals surface area contributed by atoms with Crippen LogP contribution in [0.25, 0.3) is 0 Å². The number of rotatable bonds is 3. The lowest BCUT2D eigenvalue weighted by atomic mass is 9.83. The smallest absolute Gasteiger partial charge is 0.243 e. The van der Waals surface area contributed by atoms with E-state index in [9.17, 15) is 8.42 Å². The maximum absolute atomic E-state index is 11.8. The molecule has 0 amide bonds. The largest absolute Gasteiger partial charge is 0.368 e. The summed E-state index contributed by atoms with van der Waals surface area (Å²) in [7, 11) is -3.49. The summed E-state index contributed by atoms with van der Waals surface area (Å²) in [6.07, 6.45) is 4.20. The molecule has 16 heavy (non-hydrogen) atoms. The fourth-order valence-electron chi connectivity index (χ4n) is 1.75. The number of hydrogen-bond donors (Lipinski definition) is 2. The molecule has 6 nitrogen and oxygen atoms in total. The second-order valence-corrected chi connectivity index (χ2v) is 5.89. The number of nitrogen functional groups attached to an aromatic ring is 1. The molecule has 2 rings (SSSR count). The van der Waals surface area contributed by atoms with Crippen molar-refractivity contribution < 1.29 is 8.42 Å². The van der Waals surface area contributed by atoms with E-state index in [1.54, 1.807) is 0 Å². The molecular formula is C9H14N4O2S. The van der Waals surface area contributed by atoms with Gasteiger partial charge in [-0.05, 0) is 18.8 Å². The molecule has 1 fully saturated rings. The second kappa shape index (κ2) is 3.99. The number of aromatic nitrogens is 2. The Labute approximate surface area is 94.3 Å². The van der Waals surface area contributed by atoms with Gasteiger partial charge in [0, 0.05) is 6.04 Å². The SMILES string of the molecule is CC1CC(NS(=O)(=O)c2cnc(N)nc2)C1. The lowest BCUT2D eigenvalue weighted by molar-refractivity contribution is 0.270. The molecule has 0 unspecified atom stereocenters. The highest BCUT2D eigenvalue weighted by Gasteiger charge is 2.29. The van der Waals surface area contributed by atoms with Crippen LogP contribution >= 0.6 is 0 Å². The summed E-state index contributed by atoms with van der Waals surface area (Å²) >= 11 is 0. The van der Waals surface area contributed by atoms with Crippen molar-refractivity contribution in [2.24, 2.45) is 5.92 Å². The van der Waals surface area contributed by atoms with Gasteiger partial charge in [-0.2, -0.15) is 0 Å². The van der Waals surface area contributed by atoms with E-state index in [4.69, 9.17) is 5.73 Å². The van der Waals surface area contributed by atoms with Crippen LogP contribution in [-0.4, -0.2) is 24.4 Å². The van der Waals surface area contributed by atoms with E-state index in [1.807, 2.05) is 0 Å². The highest BCUT2D eigenvalue weighted by atomic mass is 32.2. The Hall–Kier alpha value is -1.21. The van der Waals surface area contributed by atoms with Crippen LogP contribution in [0.2, 0.25) is 0 Å². The minimum atomic E-state index is -3.49. The van der Waals surface area contributed by atoms with Crippen molar-refractivity contribution in [2.45, 2.75) is 30.7 Å². The molecular weight excluding hydrogens is 228 g/mol. The van der Waals surface area contributed by atoms with E-state index in [-0.39, 0.29) is 16.9 Å². The van der Waals surface area contributed by atoms with Crippen LogP contribution in [0, 0.1) is 5.92 Å². The van der Waals surface area contributed by atoms with Gasteiger partial charge >= 0.3 is 0 Å². The third kappa shape index (κ3) is 2.30. The second-order valence-electron chi connectivity index (χ2n) is 4.17. The molecule has 0 spiro atoms. The van der Waals surface area contributed by atoms with Crippen molar-refractivity contribution >= 4 is 16.0 Å². The van der Waals surface area contributed by atoms with Crippen LogP contribution in [0.3, 0.4) is 0 Å². The molecule has 1 saturated carbocycles. The fraction of sp³-hybridized carbons (Fsp3) is 0.556. The van der Waals surface area contributed by atoms with Gasteiger partial charge in [-0.25, -0.2) is 23.1 Å². The third-order valence-electron chi connectivity index (χ3n) is 2.65. The van der Waals surface area contributed by atoms with Crippen LogP contribution in [0.1, 0.15) is 19.8 Å². The van der Waals surface area contributed by atoms with Crippen LogP contribution in [-0.2, 0) is 10.0 Å². The Morgan fingerprint density at radius 2 is 1.94 bits per heavy atom. The number of nitrogens with two attached hydrogens (primary N) is 1. The number of hydrogen-bond acceptors (Lipinski definition) is 5. The zero-order valence-electron chi connectivity index (χ0n) is 8.92. The predicted molar refractivity (Wildman–Crippen MR) is 59.0 cm³/mol. The van der Waals surface area contributed by atoms with Crippen LogP contribution in [0.4, 0.5) is 5.95 Å². The first-order chi connectivity index (χ1) is 7.47. The topological polar surface area (TPSA) is 98.0 Å². The lowest BCUT2D eigenvalue weighted by Gasteiger charge is -2.32. The minimum Gasteiger partial charge on any atom is -0.368 e. The molecule has 1 aromatic rings. The van der Waals surface area contributed by atoms with Crippen molar-refractivity contribution in [3.05, 3.63) is 12.4 Å². The molecule has 7 heteroatoms. The normalized spacial score (nSPS) is 25.1. The average Bonchev–Trinajstić information content (AvgIpc) is 2.15. The number of anilines is 1. The zero-order valence-corrected chi connectivity index (χ0v) is 9.74. The Kier molecular flexibility index (Phi) is 2.81. The van der Waals surface area contributed by atoms with E-state index >= 15 is 0 Å². The predicted octanol–water partition coefficient (Wildman–Crippen LogP) is 0.136. The summed E-state index contributed by atoms with van der Waals surface area (Å²) in [5.41, 5.74) is 5.29. The van der Waals surface area contributed by atoms with E-state index in [0.717, 1.165) is 12.8 Å². The lowest BCUT2D eigenvalue weighted by Crippen LogP contribution is -2.43. The van der Waals surface area contributed by atoms with E-state index < -0.39 is 10.0 Å². The quantitative estimate of drug-likeness (QED) is 0.785. The highest BCUT2D eigenvalue weighted by molar-refractivity contribution is 7.89. The van der Waals surface area contributed by atoms with Gasteiger partial charge in [-0.3, -0.25) is 0 Å². The summed E-state index contributed by atoms with van der Waals surface area (Å²) in [6.45, 7) is 2.09. The maximum atomic E-state index is 11.8. The molecule has 1 aliphatic rings. The highest BCUT2D eigenvalue weighted by Crippen LogP contribution is 2.27. The molecule has 0 radical (unpaired) electrons. The van der Waals surface area contributed by atoms with E-state index in [0.29, 0.717) is 5.92 Å². The van der Waals surface area contributed by atoms with Gasteiger partial charge < -0.3 is 5.73 Å². The summed E-state index contributed by atoms with van der Waals surface area (Å²) in [6, 6.07) is 0.0394. The number of sulfonamides is 1. The van der Waals surface area contributed by atoms with Crippen LogP contribution in [0.15, 0.2) is 17.3 Å². The molecule has 0 aromatic carbocycles. The third-order valence-corrected chi connectivity index (χ3v) is 4.13. The van der Waals surface area contributed by atoms with Gasteiger partial charge in [-0.15, -0.1) is 0 Å². The van der Waals surface area contributed by atoms with Crippen molar-refractivity contribution in [1.82, 2.24) is 14.7 Å². The van der Waals surface area contributed by atoms with E-state index in [1.165, 1.54) is 12.4 Å². The Morgan fingerprint density at radius 3 is 2.44 bits per heavy atom. The Morgan fingerprint density at radius 1 is 1.38 bits per heavy atom. The van der Waals surface area contributed by atoms with Crippen molar-refractivity contribution in [1.29, 1.82) is 0 Å². The number of nitrogens with one attached hydrogen (secondary N) is 1. The standard InChI is InChI=1S/C9H14N4O2S/c1-6-2-7(3-6)13-16(14,15)8-4-11-9(10)12-5-8/h4-7,13H,2-3H2,1H3,(H2,10,11,12). The fourth-order valence-corrected chi connectivity index (χ4v) is 2.90. The Bertz CT molecular complexity index is 465. The molecule has 1 aromatic heterocycles. The molecule has 88 valence electrons. The first-order valence-electron chi connectivity index (χ1n) is 5.07. The summed E-state index contributed by atoms with van der Waals surface area (Å²) < 4.78 is 26.3. The van der Waals surface area contributed by atoms with Gasteiger partial charge in [-0.1, -0.05) is 6.92 Å². The van der Waals surface area contributed by atoms with Crippen molar-refractivity contribution in [3.63, 3.8) is 0 Å². The monoisotopic (exact) mass is 242 g/mol. The van der Waals surface area contributed by atoms with Crippen LogP contribution < -0.4 is 10.5 Å². The summed E-state index contributed by atoms with van der Waals surface area (Å²) in [5.74, 6) is 0.659. The summed E-state index contributed by atoms with van der Waals surface area (Å²) in [5, 5.41) is 0. The van der Waals surface area contributed by atoms with Crippen molar-refractivity contribution in [3.8, 4) is 0 Å². The van der Waals surface area contributed by atoms with Gasteiger partial charge in [0.2, 0.25) is 16.0 Å². The van der Waals surface area contributed by atoms with Gasteiger partial charge in [0.25, 0.3) is 0 Å². The maximum Gasteiger partial charge on any atom is 0.243 e. The zero-order chi connectivity index (χ0) is 11.8. The average molecular weight is 242 g/mol. The van der Waals surface area contributed by atoms with Crippen molar-refractivity contribution in [2.75, 3.05) is 5.73 Å². The summed E-state index contributed by atoms with van der Waals surface area (Å²) in [4.78, 5) is 7.37. The van der Waals surface area contributed by atoms with Gasteiger partial charge in [0.05, 0.1) is 12.4 Å². The molecule has 1 aliphatic carbocycles. The van der Waals surface area contributed by atoms with Gasteiger partial charge in [0.1, 0.15) is 4.90 Å². The van der Waals surface area contributed by atoms with E-state index in [2.05, 4.69) is 21.6 Å². The van der Waals surface area contributed by atoms with Gasteiger partial charge in [0.15, 0.2) is 0 Å². The number of nitrogens with zero attached hydrogens (tertiary/aromatic N) is 2. The van der Waals surface area contributed by atoms with Crippen LogP contribution in [0.5, 0.6) is 0 Å².